The van der Waals surface area contributed by atoms with Crippen molar-refractivity contribution in [2.75, 3.05) is 0 Å². The summed E-state index contributed by atoms with van der Waals surface area (Å²) in [5.74, 6) is 0.284. The van der Waals surface area contributed by atoms with E-state index in [4.69, 9.17) is 9.98 Å². The summed E-state index contributed by atoms with van der Waals surface area (Å²) in [6.45, 7) is 13.0. The van der Waals surface area contributed by atoms with Gasteiger partial charge in [-0.2, -0.15) is 0 Å². The highest BCUT2D eigenvalue weighted by atomic mass is 32.1. The van der Waals surface area contributed by atoms with Crippen molar-refractivity contribution in [1.29, 1.82) is 0 Å². The van der Waals surface area contributed by atoms with E-state index in [1.54, 1.807) is 17.6 Å². The molecule has 6 rings (SSSR count). The lowest BCUT2D eigenvalue weighted by molar-refractivity contribution is 0.444. The Balaban J connectivity index is 1.45. The van der Waals surface area contributed by atoms with Gasteiger partial charge >= 0.3 is 0 Å². The van der Waals surface area contributed by atoms with Crippen LogP contribution in [0, 0.1) is 0 Å². The van der Waals surface area contributed by atoms with Gasteiger partial charge in [-0.3, -0.25) is 9.98 Å². The number of benzene rings is 4. The third-order valence-corrected chi connectivity index (χ3v) is 8.73. The second-order valence-corrected chi connectivity index (χ2v) is 13.8. The van der Waals surface area contributed by atoms with Crippen LogP contribution in [-0.4, -0.2) is 21.3 Å². The maximum atomic E-state index is 11.3. The van der Waals surface area contributed by atoms with E-state index in [1.807, 2.05) is 30.6 Å². The van der Waals surface area contributed by atoms with E-state index in [-0.39, 0.29) is 16.6 Å². The predicted molar refractivity (Wildman–Crippen MR) is 179 cm³/mol. The SMILES string of the molecule is CC(C)(C)c1cc(C=Nc2ccccc2-c2nc3c(-c4cccc5cnccc45)cccc3s2)c(O)c(C(C)(C)C)c1. The predicted octanol–water partition coefficient (Wildman–Crippen LogP) is 10.2. The number of para-hydroxylation sites is 2. The summed E-state index contributed by atoms with van der Waals surface area (Å²) in [6, 6.07) is 27.0. The molecule has 0 saturated heterocycles. The zero-order valence-corrected chi connectivity index (χ0v) is 25.8. The van der Waals surface area contributed by atoms with Crippen LogP contribution in [0.25, 0.3) is 42.7 Å². The van der Waals surface area contributed by atoms with Crippen LogP contribution in [0.4, 0.5) is 5.69 Å². The number of aromatic nitrogens is 2. The van der Waals surface area contributed by atoms with Gasteiger partial charge in [0.25, 0.3) is 0 Å². The zero-order chi connectivity index (χ0) is 29.6. The first kappa shape index (κ1) is 27.8. The van der Waals surface area contributed by atoms with Crippen molar-refractivity contribution in [3.05, 3.63) is 108 Å². The third kappa shape index (κ3) is 5.21. The molecule has 210 valence electrons. The van der Waals surface area contributed by atoms with Crippen molar-refractivity contribution in [2.24, 2.45) is 4.99 Å². The number of hydrogen-bond donors (Lipinski definition) is 1. The number of rotatable bonds is 4. The maximum absolute atomic E-state index is 11.3. The van der Waals surface area contributed by atoms with Crippen molar-refractivity contribution in [1.82, 2.24) is 9.97 Å². The smallest absolute Gasteiger partial charge is 0.128 e. The Hall–Kier alpha value is -4.35. The Labute approximate surface area is 251 Å². The summed E-state index contributed by atoms with van der Waals surface area (Å²) < 4.78 is 1.12. The van der Waals surface area contributed by atoms with E-state index >= 15 is 0 Å². The van der Waals surface area contributed by atoms with Gasteiger partial charge in [-0.1, -0.05) is 90.1 Å². The van der Waals surface area contributed by atoms with Gasteiger partial charge in [0.05, 0.1) is 15.9 Å². The van der Waals surface area contributed by atoms with Gasteiger partial charge in [-0.05, 0) is 57.7 Å². The van der Waals surface area contributed by atoms with Crippen molar-refractivity contribution >= 4 is 44.2 Å². The topological polar surface area (TPSA) is 58.4 Å². The number of phenols is 1. The van der Waals surface area contributed by atoms with Gasteiger partial charge in [-0.25, -0.2) is 4.98 Å². The molecule has 0 amide bonds. The van der Waals surface area contributed by atoms with Gasteiger partial charge < -0.3 is 5.11 Å². The van der Waals surface area contributed by atoms with Gasteiger partial charge in [0, 0.05) is 46.2 Å². The molecule has 0 saturated carbocycles. The normalized spacial score (nSPS) is 12.5. The van der Waals surface area contributed by atoms with Crippen molar-refractivity contribution < 1.29 is 5.11 Å². The van der Waals surface area contributed by atoms with E-state index in [0.29, 0.717) is 0 Å². The number of aliphatic imine (C=N–C) groups is 1. The number of thiazole rings is 1. The standard InChI is InChI=1S/C37H35N3OS/c1-36(2,3)25-19-24(34(41)30(20-25)37(4,5)6)22-39-31-15-8-7-12-29(31)35-40-33-28(14-10-16-32(33)42-35)27-13-9-11-23-21-38-18-17-26(23)27/h7-22,41H,1-6H3. The Kier molecular flexibility index (Phi) is 6.94. The summed E-state index contributed by atoms with van der Waals surface area (Å²) in [7, 11) is 0. The Morgan fingerprint density at radius 3 is 2.31 bits per heavy atom. The summed E-state index contributed by atoms with van der Waals surface area (Å²) in [6.07, 6.45) is 5.53. The fourth-order valence-corrected chi connectivity index (χ4v) is 6.33. The highest BCUT2D eigenvalue weighted by Crippen LogP contribution is 2.41. The van der Waals surface area contributed by atoms with Crippen molar-refractivity contribution in [3.63, 3.8) is 0 Å². The second kappa shape index (κ2) is 10.5. The molecule has 0 atom stereocenters. The van der Waals surface area contributed by atoms with Crippen LogP contribution in [0.3, 0.4) is 0 Å². The summed E-state index contributed by atoms with van der Waals surface area (Å²) in [5, 5.41) is 14.5. The number of aromatic hydroxyl groups is 1. The lowest BCUT2D eigenvalue weighted by Gasteiger charge is -2.27. The van der Waals surface area contributed by atoms with Crippen LogP contribution < -0.4 is 0 Å². The monoisotopic (exact) mass is 569 g/mol. The number of hydrogen-bond acceptors (Lipinski definition) is 5. The lowest BCUT2D eigenvalue weighted by atomic mass is 9.79. The van der Waals surface area contributed by atoms with Gasteiger partial charge in [-0.15, -0.1) is 11.3 Å². The first-order chi connectivity index (χ1) is 20.0. The van der Waals surface area contributed by atoms with E-state index in [2.05, 4.69) is 107 Å². The molecule has 0 unspecified atom stereocenters. The van der Waals surface area contributed by atoms with E-state index in [0.717, 1.165) is 59.5 Å². The highest BCUT2D eigenvalue weighted by molar-refractivity contribution is 7.21. The molecule has 6 aromatic rings. The van der Waals surface area contributed by atoms with Crippen LogP contribution in [0.1, 0.15) is 58.2 Å². The summed E-state index contributed by atoms with van der Waals surface area (Å²) in [5.41, 5.74) is 7.55. The minimum atomic E-state index is -0.203. The van der Waals surface area contributed by atoms with Gasteiger partial charge in [0.15, 0.2) is 0 Å². The van der Waals surface area contributed by atoms with Gasteiger partial charge in [0.2, 0.25) is 0 Å². The number of pyridine rings is 1. The number of nitrogens with zero attached hydrogens (tertiary/aromatic N) is 3. The number of phenolic OH excluding ortho intramolecular Hbond substituents is 1. The molecule has 0 aliphatic rings. The molecule has 5 heteroatoms. The van der Waals surface area contributed by atoms with Crippen LogP contribution >= 0.6 is 11.3 Å². The number of fused-ring (bicyclic) bond motifs is 2. The lowest BCUT2D eigenvalue weighted by Crippen LogP contribution is -2.17. The molecule has 0 spiro atoms. The maximum Gasteiger partial charge on any atom is 0.128 e. The second-order valence-electron chi connectivity index (χ2n) is 12.8. The van der Waals surface area contributed by atoms with Crippen LogP contribution in [0.2, 0.25) is 0 Å². The van der Waals surface area contributed by atoms with Crippen molar-refractivity contribution in [3.8, 4) is 27.4 Å². The quantitative estimate of drug-likeness (QED) is 0.215. The molecule has 1 N–H and O–H groups in total. The average Bonchev–Trinajstić information content (AvgIpc) is 3.40. The van der Waals surface area contributed by atoms with Crippen LogP contribution in [-0.2, 0) is 10.8 Å². The first-order valence-corrected chi connectivity index (χ1v) is 15.1. The molecule has 0 aliphatic carbocycles. The van der Waals surface area contributed by atoms with E-state index < -0.39 is 0 Å². The molecule has 0 fully saturated rings. The summed E-state index contributed by atoms with van der Waals surface area (Å²) >= 11 is 1.67. The molecular weight excluding hydrogens is 534 g/mol. The zero-order valence-electron chi connectivity index (χ0n) is 24.9. The fourth-order valence-electron chi connectivity index (χ4n) is 5.30. The van der Waals surface area contributed by atoms with Crippen LogP contribution in [0.15, 0.2) is 96.2 Å². The molecule has 0 radical (unpaired) electrons. The van der Waals surface area contributed by atoms with E-state index in [9.17, 15) is 5.11 Å². The molecule has 4 aromatic carbocycles. The molecule has 42 heavy (non-hydrogen) atoms. The molecule has 4 nitrogen and oxygen atoms in total. The van der Waals surface area contributed by atoms with Crippen LogP contribution in [0.5, 0.6) is 5.75 Å². The molecule has 2 heterocycles. The molecule has 0 aliphatic heterocycles. The minimum absolute atomic E-state index is 0.0620. The fraction of sp³-hybridized carbons (Fsp3) is 0.216. The third-order valence-electron chi connectivity index (χ3n) is 7.68. The average molecular weight is 570 g/mol. The highest BCUT2D eigenvalue weighted by Gasteiger charge is 2.24. The first-order valence-electron chi connectivity index (χ1n) is 14.2. The van der Waals surface area contributed by atoms with E-state index in [1.165, 1.54) is 5.56 Å². The Morgan fingerprint density at radius 1 is 0.786 bits per heavy atom. The van der Waals surface area contributed by atoms with Gasteiger partial charge in [0.1, 0.15) is 10.8 Å². The molecular formula is C37H35N3OS. The Morgan fingerprint density at radius 2 is 1.52 bits per heavy atom. The van der Waals surface area contributed by atoms with Crippen molar-refractivity contribution in [2.45, 2.75) is 52.4 Å². The molecule has 0 bridgehead atoms. The summed E-state index contributed by atoms with van der Waals surface area (Å²) in [4.78, 5) is 14.4. The largest absolute Gasteiger partial charge is 0.507 e. The minimum Gasteiger partial charge on any atom is -0.507 e. The Bertz CT molecular complexity index is 1970. The molecule has 2 aromatic heterocycles.